The Balaban J connectivity index is 1.39. The lowest BCUT2D eigenvalue weighted by Crippen LogP contribution is -2.54. The van der Waals surface area contributed by atoms with Gasteiger partial charge in [-0.3, -0.25) is 0 Å². The molecule has 3 heteroatoms. The van der Waals surface area contributed by atoms with Crippen molar-refractivity contribution < 1.29 is 15.3 Å². The summed E-state index contributed by atoms with van der Waals surface area (Å²) in [4.78, 5) is 0. The molecule has 5 fully saturated rings. The molecule has 0 radical (unpaired) electrons. The van der Waals surface area contributed by atoms with Crippen LogP contribution < -0.4 is 0 Å². The summed E-state index contributed by atoms with van der Waals surface area (Å²) in [6.45, 7) is 16.0. The van der Waals surface area contributed by atoms with Crippen LogP contribution in [0.5, 0.6) is 0 Å². The van der Waals surface area contributed by atoms with E-state index in [1.807, 2.05) is 13.8 Å². The first kappa shape index (κ1) is 24.6. The Hall–Kier alpha value is -0.120. The van der Waals surface area contributed by atoms with Gasteiger partial charge in [0.05, 0.1) is 17.8 Å². The SMILES string of the molecule is CC(CCCC(C)(C)O)C1C(O)CC2[C@@H]3CCC4C(C)(C)[C@@H](O)CC[C@@]45[C@@H](C)[C@@]35CC[C@]12C. The molecule has 33 heavy (non-hydrogen) atoms. The van der Waals surface area contributed by atoms with Gasteiger partial charge < -0.3 is 15.3 Å². The topological polar surface area (TPSA) is 60.7 Å². The first-order valence-corrected chi connectivity index (χ1v) is 14.3. The maximum atomic E-state index is 11.4. The average molecular weight is 461 g/mol. The van der Waals surface area contributed by atoms with Crippen molar-refractivity contribution in [2.24, 2.45) is 57.2 Å². The third-order valence-corrected chi connectivity index (χ3v) is 13.1. The fraction of sp³-hybridized carbons (Fsp3) is 1.00. The van der Waals surface area contributed by atoms with Gasteiger partial charge in [0.1, 0.15) is 0 Å². The third kappa shape index (κ3) is 3.10. The van der Waals surface area contributed by atoms with E-state index in [2.05, 4.69) is 34.6 Å². The third-order valence-electron chi connectivity index (χ3n) is 13.1. The molecular formula is C30H52O3. The second-order valence-corrected chi connectivity index (χ2v) is 15.0. The molecule has 3 N–H and O–H groups in total. The van der Waals surface area contributed by atoms with E-state index >= 15 is 0 Å². The highest BCUT2D eigenvalue weighted by molar-refractivity contribution is 5.32. The molecule has 0 saturated heterocycles. The Morgan fingerprint density at radius 2 is 1.64 bits per heavy atom. The smallest absolute Gasteiger partial charge is 0.0594 e. The van der Waals surface area contributed by atoms with Crippen molar-refractivity contribution in [1.82, 2.24) is 0 Å². The summed E-state index contributed by atoms with van der Waals surface area (Å²) >= 11 is 0. The van der Waals surface area contributed by atoms with Gasteiger partial charge in [-0.2, -0.15) is 0 Å². The van der Waals surface area contributed by atoms with E-state index in [1.54, 1.807) is 0 Å². The second-order valence-electron chi connectivity index (χ2n) is 15.0. The number of fused-ring (bicyclic) bond motifs is 2. The van der Waals surface area contributed by atoms with E-state index in [-0.39, 0.29) is 23.0 Å². The van der Waals surface area contributed by atoms with E-state index in [9.17, 15) is 15.3 Å². The predicted molar refractivity (Wildman–Crippen MR) is 134 cm³/mol. The minimum atomic E-state index is -0.589. The molecule has 11 atom stereocenters. The molecule has 5 unspecified atom stereocenters. The lowest BCUT2D eigenvalue weighted by Gasteiger charge is -2.59. The maximum absolute atomic E-state index is 11.4. The lowest BCUT2D eigenvalue weighted by molar-refractivity contribution is -0.134. The van der Waals surface area contributed by atoms with Gasteiger partial charge in [0.2, 0.25) is 0 Å². The van der Waals surface area contributed by atoms with Crippen molar-refractivity contribution in [2.45, 2.75) is 130 Å². The monoisotopic (exact) mass is 460 g/mol. The Morgan fingerprint density at radius 3 is 2.30 bits per heavy atom. The van der Waals surface area contributed by atoms with Crippen LogP contribution in [-0.4, -0.2) is 33.1 Å². The van der Waals surface area contributed by atoms with Gasteiger partial charge >= 0.3 is 0 Å². The van der Waals surface area contributed by atoms with Crippen LogP contribution in [0.2, 0.25) is 0 Å². The van der Waals surface area contributed by atoms with Crippen LogP contribution in [0.15, 0.2) is 0 Å². The molecule has 190 valence electrons. The fourth-order valence-electron chi connectivity index (χ4n) is 11.7. The van der Waals surface area contributed by atoms with E-state index < -0.39 is 5.60 Å². The summed E-state index contributed by atoms with van der Waals surface area (Å²) < 4.78 is 0. The Kier molecular flexibility index (Phi) is 5.55. The van der Waals surface area contributed by atoms with Crippen molar-refractivity contribution in [1.29, 1.82) is 0 Å². The van der Waals surface area contributed by atoms with Crippen LogP contribution in [0.25, 0.3) is 0 Å². The van der Waals surface area contributed by atoms with Crippen molar-refractivity contribution >= 4 is 0 Å². The highest BCUT2D eigenvalue weighted by Gasteiger charge is 2.84. The Labute approximate surface area is 203 Å². The zero-order valence-corrected chi connectivity index (χ0v) is 22.5. The fourth-order valence-corrected chi connectivity index (χ4v) is 11.7. The zero-order chi connectivity index (χ0) is 24.2. The molecule has 0 aromatic heterocycles. The molecule has 0 aromatic carbocycles. The number of hydrogen-bond donors (Lipinski definition) is 3. The highest BCUT2D eigenvalue weighted by Crippen LogP contribution is 2.89. The van der Waals surface area contributed by atoms with Gasteiger partial charge in [0.25, 0.3) is 0 Å². The molecule has 3 nitrogen and oxygen atoms in total. The van der Waals surface area contributed by atoms with E-state index in [1.165, 1.54) is 32.1 Å². The lowest BCUT2D eigenvalue weighted by atomic mass is 9.46. The molecule has 2 spiro atoms. The van der Waals surface area contributed by atoms with Crippen LogP contribution in [0, 0.1) is 57.2 Å². The van der Waals surface area contributed by atoms with Gasteiger partial charge in [-0.05, 0) is 122 Å². The molecule has 0 heterocycles. The van der Waals surface area contributed by atoms with Crippen LogP contribution in [-0.2, 0) is 0 Å². The van der Waals surface area contributed by atoms with E-state index in [0.717, 1.165) is 43.9 Å². The van der Waals surface area contributed by atoms with Crippen molar-refractivity contribution in [3.63, 3.8) is 0 Å². The van der Waals surface area contributed by atoms with Gasteiger partial charge in [0, 0.05) is 0 Å². The predicted octanol–water partition coefficient (Wildman–Crippen LogP) is 6.19. The standard InChI is InChI=1S/C30H52O3/c1-18(9-8-13-26(3,4)33)25-22(31)17-21-20-10-11-23-27(5,6)24(32)12-14-30(23)19(2)29(20,30)16-15-28(21,25)7/h18-25,31-33H,8-17H2,1-7H3/t18?,19-,20-,21?,22?,23?,24-,25?,28-,29-,30+/m0/s1. The summed E-state index contributed by atoms with van der Waals surface area (Å²) in [5.74, 6) is 3.76. The van der Waals surface area contributed by atoms with Crippen molar-refractivity contribution in [3.8, 4) is 0 Å². The summed E-state index contributed by atoms with van der Waals surface area (Å²) in [6, 6.07) is 0. The van der Waals surface area contributed by atoms with Gasteiger partial charge in [-0.1, -0.05) is 47.5 Å². The number of aliphatic hydroxyl groups excluding tert-OH is 2. The molecule has 5 aliphatic rings. The molecule has 0 aliphatic heterocycles. The Bertz CT molecular complexity index is 769. The van der Waals surface area contributed by atoms with Gasteiger partial charge in [0.15, 0.2) is 0 Å². The summed E-state index contributed by atoms with van der Waals surface area (Å²) in [6.07, 6.45) is 11.1. The summed E-state index contributed by atoms with van der Waals surface area (Å²) in [5.41, 5.74) is 0.615. The second kappa shape index (κ2) is 7.45. The highest BCUT2D eigenvalue weighted by atomic mass is 16.3. The number of rotatable bonds is 5. The summed E-state index contributed by atoms with van der Waals surface area (Å²) in [7, 11) is 0. The average Bonchev–Trinajstić information content (AvgIpc) is 3.10. The van der Waals surface area contributed by atoms with Gasteiger partial charge in [-0.25, -0.2) is 0 Å². The molecule has 0 amide bonds. The number of aliphatic hydroxyl groups is 3. The van der Waals surface area contributed by atoms with Crippen molar-refractivity contribution in [3.05, 3.63) is 0 Å². The Morgan fingerprint density at radius 1 is 0.939 bits per heavy atom. The molecule has 0 aromatic rings. The first-order chi connectivity index (χ1) is 15.2. The van der Waals surface area contributed by atoms with E-state index in [4.69, 9.17) is 0 Å². The molecule has 5 rings (SSSR count). The minimum Gasteiger partial charge on any atom is -0.393 e. The minimum absolute atomic E-state index is 0.0362. The van der Waals surface area contributed by atoms with Crippen LogP contribution in [0.1, 0.15) is 113 Å². The number of hydrogen-bond acceptors (Lipinski definition) is 3. The molecular weight excluding hydrogens is 408 g/mol. The first-order valence-electron chi connectivity index (χ1n) is 14.3. The van der Waals surface area contributed by atoms with Crippen LogP contribution in [0.3, 0.4) is 0 Å². The quantitative estimate of drug-likeness (QED) is 0.458. The maximum Gasteiger partial charge on any atom is 0.0594 e. The summed E-state index contributed by atoms with van der Waals surface area (Å²) in [5, 5.41) is 32.5. The largest absolute Gasteiger partial charge is 0.393 e. The van der Waals surface area contributed by atoms with Crippen LogP contribution >= 0.6 is 0 Å². The molecule has 0 bridgehead atoms. The van der Waals surface area contributed by atoms with Crippen LogP contribution in [0.4, 0.5) is 0 Å². The van der Waals surface area contributed by atoms with E-state index in [0.29, 0.717) is 34.5 Å². The van der Waals surface area contributed by atoms with Crippen molar-refractivity contribution in [2.75, 3.05) is 0 Å². The molecule has 5 saturated carbocycles. The normalized spacial score (nSPS) is 53.5. The van der Waals surface area contributed by atoms with Gasteiger partial charge in [-0.15, -0.1) is 0 Å². The zero-order valence-electron chi connectivity index (χ0n) is 22.5. The molecule has 5 aliphatic carbocycles.